The first-order valence-corrected chi connectivity index (χ1v) is 12.0. The van der Waals surface area contributed by atoms with Gasteiger partial charge in [0.05, 0.1) is 7.11 Å². The largest absolute Gasteiger partial charge is 0.508 e. The lowest BCUT2D eigenvalue weighted by Crippen LogP contribution is -2.55. The Bertz CT molecular complexity index is 763. The summed E-state index contributed by atoms with van der Waals surface area (Å²) in [5.41, 5.74) is 0.687. The zero-order valence-electron chi connectivity index (χ0n) is 19.6. The molecule has 0 heterocycles. The van der Waals surface area contributed by atoms with E-state index in [0.717, 1.165) is 51.4 Å². The summed E-state index contributed by atoms with van der Waals surface area (Å²) >= 11 is 0. The standard InChI is InChI=1S/C25H38N2O6/c1-33-25(32)21(17-18-10-9-13-20(29)16-18)26-24(31)23(19-11-5-4-6-12-19)27-22(30)14-7-2-3-8-15-28/h9-10,13,16,19,21,23,28-29H,2-8,11-12,14-15,17H2,1H3,(H,26,31)(H,27,30)/t21?,23-/m0/s1. The second-order valence-electron chi connectivity index (χ2n) is 8.79. The third-order valence-corrected chi connectivity index (χ3v) is 6.18. The van der Waals surface area contributed by atoms with Crippen LogP contribution in [-0.4, -0.2) is 53.8 Å². The summed E-state index contributed by atoms with van der Waals surface area (Å²) in [6.45, 7) is 0.153. The van der Waals surface area contributed by atoms with Crippen molar-refractivity contribution >= 4 is 17.8 Å². The Labute approximate surface area is 196 Å². The molecular weight excluding hydrogens is 424 g/mol. The number of aromatic hydroxyl groups is 1. The number of carbonyl (C=O) groups is 3. The first kappa shape index (κ1) is 26.6. The summed E-state index contributed by atoms with van der Waals surface area (Å²) in [4.78, 5) is 38.2. The molecule has 8 nitrogen and oxygen atoms in total. The van der Waals surface area contributed by atoms with Crippen molar-refractivity contribution in [3.8, 4) is 5.75 Å². The number of phenols is 1. The molecule has 184 valence electrons. The number of methoxy groups -OCH3 is 1. The number of amides is 2. The molecule has 1 unspecified atom stereocenters. The average Bonchev–Trinajstić information content (AvgIpc) is 2.82. The van der Waals surface area contributed by atoms with Crippen molar-refractivity contribution in [2.75, 3.05) is 13.7 Å². The van der Waals surface area contributed by atoms with Gasteiger partial charge in [0, 0.05) is 19.4 Å². The van der Waals surface area contributed by atoms with Gasteiger partial charge in [0.1, 0.15) is 17.8 Å². The van der Waals surface area contributed by atoms with Gasteiger partial charge in [0.15, 0.2) is 0 Å². The monoisotopic (exact) mass is 462 g/mol. The number of esters is 1. The zero-order chi connectivity index (χ0) is 24.1. The highest BCUT2D eigenvalue weighted by Gasteiger charge is 2.33. The topological polar surface area (TPSA) is 125 Å². The first-order valence-electron chi connectivity index (χ1n) is 12.0. The molecule has 0 radical (unpaired) electrons. The van der Waals surface area contributed by atoms with Crippen molar-refractivity contribution in [2.24, 2.45) is 5.92 Å². The van der Waals surface area contributed by atoms with Crippen LogP contribution >= 0.6 is 0 Å². The van der Waals surface area contributed by atoms with Gasteiger partial charge in [-0.05, 0) is 49.3 Å². The summed E-state index contributed by atoms with van der Waals surface area (Å²) in [6, 6.07) is 4.88. The highest BCUT2D eigenvalue weighted by atomic mass is 16.5. The van der Waals surface area contributed by atoms with Crippen molar-refractivity contribution in [3.05, 3.63) is 29.8 Å². The van der Waals surface area contributed by atoms with Crippen molar-refractivity contribution in [2.45, 2.75) is 82.7 Å². The second kappa shape index (κ2) is 14.5. The highest BCUT2D eigenvalue weighted by Crippen LogP contribution is 2.27. The van der Waals surface area contributed by atoms with Gasteiger partial charge in [0.25, 0.3) is 0 Å². The van der Waals surface area contributed by atoms with Gasteiger partial charge >= 0.3 is 5.97 Å². The van der Waals surface area contributed by atoms with E-state index >= 15 is 0 Å². The smallest absolute Gasteiger partial charge is 0.328 e. The lowest BCUT2D eigenvalue weighted by Gasteiger charge is -2.31. The maximum absolute atomic E-state index is 13.3. The lowest BCUT2D eigenvalue weighted by molar-refractivity contribution is -0.145. The minimum atomic E-state index is -0.925. The Balaban J connectivity index is 2.05. The molecule has 0 bridgehead atoms. The van der Waals surface area contributed by atoms with Gasteiger partial charge < -0.3 is 25.6 Å². The Hall–Kier alpha value is -2.61. The normalized spacial score (nSPS) is 15.9. The quantitative estimate of drug-likeness (QED) is 0.264. The van der Waals surface area contributed by atoms with Crippen LogP contribution in [0.15, 0.2) is 24.3 Å². The predicted octanol–water partition coefficient (Wildman–Crippen LogP) is 2.60. The number of aliphatic hydroxyl groups excluding tert-OH is 1. The van der Waals surface area contributed by atoms with Gasteiger partial charge in [0.2, 0.25) is 11.8 Å². The number of rotatable bonds is 13. The van der Waals surface area contributed by atoms with Crippen molar-refractivity contribution < 1.29 is 29.3 Å². The zero-order valence-corrected chi connectivity index (χ0v) is 19.6. The molecule has 1 aromatic carbocycles. The predicted molar refractivity (Wildman–Crippen MR) is 124 cm³/mol. The fraction of sp³-hybridized carbons (Fsp3) is 0.640. The molecule has 1 aliphatic rings. The van der Waals surface area contributed by atoms with E-state index in [4.69, 9.17) is 9.84 Å². The summed E-state index contributed by atoms with van der Waals surface area (Å²) in [5.74, 6) is -1.03. The number of aliphatic hydroxyl groups is 1. The maximum Gasteiger partial charge on any atom is 0.328 e. The number of benzene rings is 1. The van der Waals surface area contributed by atoms with Gasteiger partial charge in [-0.25, -0.2) is 4.79 Å². The molecule has 0 saturated heterocycles. The van der Waals surface area contributed by atoms with Crippen LogP contribution in [0.25, 0.3) is 0 Å². The number of nitrogens with one attached hydrogen (secondary N) is 2. The van der Waals surface area contributed by atoms with Crippen LogP contribution in [-0.2, 0) is 25.5 Å². The summed E-state index contributed by atoms with van der Waals surface area (Å²) < 4.78 is 4.89. The van der Waals surface area contributed by atoms with E-state index in [1.807, 2.05) is 0 Å². The van der Waals surface area contributed by atoms with Crippen LogP contribution < -0.4 is 10.6 Å². The van der Waals surface area contributed by atoms with Crippen LogP contribution in [0.3, 0.4) is 0 Å². The number of ether oxygens (including phenoxy) is 1. The molecular formula is C25H38N2O6. The minimum Gasteiger partial charge on any atom is -0.508 e. The number of phenolic OH excluding ortho intramolecular Hbond substituents is 1. The first-order chi connectivity index (χ1) is 15.9. The Morgan fingerprint density at radius 1 is 1.06 bits per heavy atom. The Morgan fingerprint density at radius 3 is 2.45 bits per heavy atom. The molecule has 2 amide bonds. The SMILES string of the molecule is COC(=O)C(Cc1cccc(O)c1)NC(=O)[C@@H](NC(=O)CCCCCCO)C1CCCCC1. The van der Waals surface area contributed by atoms with Gasteiger partial charge in [-0.2, -0.15) is 0 Å². The van der Waals surface area contributed by atoms with E-state index in [2.05, 4.69) is 10.6 Å². The number of hydrogen-bond acceptors (Lipinski definition) is 6. The molecule has 8 heteroatoms. The average molecular weight is 463 g/mol. The van der Waals surface area contributed by atoms with E-state index in [9.17, 15) is 19.5 Å². The molecule has 0 spiro atoms. The molecule has 4 N–H and O–H groups in total. The van der Waals surface area contributed by atoms with Crippen LogP contribution in [0.4, 0.5) is 0 Å². The summed E-state index contributed by atoms with van der Waals surface area (Å²) in [6.07, 6.45) is 8.48. The minimum absolute atomic E-state index is 0.0242. The van der Waals surface area contributed by atoms with E-state index in [1.54, 1.807) is 18.2 Å². The molecule has 1 fully saturated rings. The molecule has 1 aromatic rings. The van der Waals surface area contributed by atoms with E-state index in [0.29, 0.717) is 18.4 Å². The van der Waals surface area contributed by atoms with Gasteiger partial charge in [-0.15, -0.1) is 0 Å². The molecule has 0 aliphatic heterocycles. The Morgan fingerprint density at radius 2 is 1.79 bits per heavy atom. The maximum atomic E-state index is 13.3. The molecule has 1 saturated carbocycles. The van der Waals surface area contributed by atoms with Crippen molar-refractivity contribution in [3.63, 3.8) is 0 Å². The van der Waals surface area contributed by atoms with Crippen LogP contribution in [0, 0.1) is 5.92 Å². The number of unbranched alkanes of at least 4 members (excludes halogenated alkanes) is 3. The van der Waals surface area contributed by atoms with E-state index < -0.39 is 18.1 Å². The third-order valence-electron chi connectivity index (χ3n) is 6.18. The van der Waals surface area contributed by atoms with Crippen molar-refractivity contribution in [1.82, 2.24) is 10.6 Å². The van der Waals surface area contributed by atoms with Crippen LogP contribution in [0.2, 0.25) is 0 Å². The molecule has 33 heavy (non-hydrogen) atoms. The Kier molecular flexibility index (Phi) is 11.7. The fourth-order valence-corrected chi connectivity index (χ4v) is 4.38. The van der Waals surface area contributed by atoms with E-state index in [-0.39, 0.29) is 36.5 Å². The lowest BCUT2D eigenvalue weighted by atomic mass is 9.83. The van der Waals surface area contributed by atoms with Crippen molar-refractivity contribution in [1.29, 1.82) is 0 Å². The molecule has 2 rings (SSSR count). The van der Waals surface area contributed by atoms with Gasteiger partial charge in [-0.3, -0.25) is 9.59 Å². The molecule has 0 aromatic heterocycles. The number of carbonyl (C=O) groups excluding carboxylic acids is 3. The van der Waals surface area contributed by atoms with E-state index in [1.165, 1.54) is 13.2 Å². The van der Waals surface area contributed by atoms with Crippen LogP contribution in [0.5, 0.6) is 5.75 Å². The fourth-order valence-electron chi connectivity index (χ4n) is 4.38. The summed E-state index contributed by atoms with van der Waals surface area (Å²) in [7, 11) is 1.27. The third kappa shape index (κ3) is 9.42. The second-order valence-corrected chi connectivity index (χ2v) is 8.79. The summed E-state index contributed by atoms with van der Waals surface area (Å²) in [5, 5.41) is 24.3. The molecule has 2 atom stereocenters. The number of hydrogen-bond donors (Lipinski definition) is 4. The highest BCUT2D eigenvalue weighted by molar-refractivity contribution is 5.91. The van der Waals surface area contributed by atoms with Gasteiger partial charge in [-0.1, -0.05) is 44.2 Å². The molecule has 1 aliphatic carbocycles. The van der Waals surface area contributed by atoms with Crippen LogP contribution in [0.1, 0.15) is 69.8 Å².